The summed E-state index contributed by atoms with van der Waals surface area (Å²) in [5, 5.41) is 10.9. The van der Waals surface area contributed by atoms with Gasteiger partial charge in [-0.2, -0.15) is 0 Å². The lowest BCUT2D eigenvalue weighted by Gasteiger charge is -2.33. The molecular formula is C22H28FNO. The Balaban J connectivity index is 1.65. The van der Waals surface area contributed by atoms with E-state index >= 15 is 0 Å². The molecule has 2 aromatic rings. The van der Waals surface area contributed by atoms with Crippen molar-refractivity contribution in [1.29, 1.82) is 0 Å². The predicted octanol–water partition coefficient (Wildman–Crippen LogP) is 4.82. The smallest absolute Gasteiger partial charge is 0.131 e. The number of halogens is 1. The summed E-state index contributed by atoms with van der Waals surface area (Å²) >= 11 is 0. The summed E-state index contributed by atoms with van der Waals surface area (Å²) in [7, 11) is 0. The minimum atomic E-state index is -0.864. The number of piperidine rings is 1. The summed E-state index contributed by atoms with van der Waals surface area (Å²) in [4.78, 5) is 2.45. The fourth-order valence-corrected chi connectivity index (χ4v) is 3.51. The summed E-state index contributed by atoms with van der Waals surface area (Å²) < 4.78 is 13.9. The van der Waals surface area contributed by atoms with E-state index < -0.39 is 5.60 Å². The van der Waals surface area contributed by atoms with Crippen LogP contribution < -0.4 is 0 Å². The molecule has 1 aliphatic rings. The van der Waals surface area contributed by atoms with Gasteiger partial charge in [-0.05, 0) is 62.4 Å². The minimum absolute atomic E-state index is 0.221. The molecule has 2 nitrogen and oxygen atoms in total. The molecule has 1 saturated heterocycles. The molecule has 1 aliphatic heterocycles. The zero-order valence-corrected chi connectivity index (χ0v) is 15.2. The Morgan fingerprint density at radius 2 is 1.72 bits per heavy atom. The van der Waals surface area contributed by atoms with Crippen molar-refractivity contribution >= 4 is 0 Å². The molecule has 0 amide bonds. The van der Waals surface area contributed by atoms with Crippen LogP contribution in [0.15, 0.2) is 48.5 Å². The molecule has 0 aromatic heterocycles. The van der Waals surface area contributed by atoms with Crippen molar-refractivity contribution in [2.24, 2.45) is 5.92 Å². The highest BCUT2D eigenvalue weighted by Gasteiger charge is 2.25. The first kappa shape index (κ1) is 18.1. The van der Waals surface area contributed by atoms with Crippen molar-refractivity contribution in [2.45, 2.75) is 38.7 Å². The highest BCUT2D eigenvalue weighted by atomic mass is 19.1. The monoisotopic (exact) mass is 341 g/mol. The van der Waals surface area contributed by atoms with Gasteiger partial charge in [0.05, 0.1) is 5.60 Å². The van der Waals surface area contributed by atoms with Crippen LogP contribution in [0.4, 0.5) is 4.39 Å². The van der Waals surface area contributed by atoms with Crippen molar-refractivity contribution < 1.29 is 9.50 Å². The molecule has 1 heterocycles. The Hall–Kier alpha value is -1.71. The molecule has 0 aliphatic carbocycles. The Morgan fingerprint density at radius 3 is 2.36 bits per heavy atom. The Morgan fingerprint density at radius 1 is 1.08 bits per heavy atom. The van der Waals surface area contributed by atoms with Crippen LogP contribution >= 0.6 is 0 Å². The molecule has 2 aromatic carbocycles. The summed E-state index contributed by atoms with van der Waals surface area (Å²) in [5.74, 6) is 0.601. The second kappa shape index (κ2) is 7.67. The lowest BCUT2D eigenvalue weighted by atomic mass is 9.90. The van der Waals surface area contributed by atoms with Gasteiger partial charge in [0.15, 0.2) is 0 Å². The molecule has 1 unspecified atom stereocenters. The summed E-state index contributed by atoms with van der Waals surface area (Å²) in [6.45, 7) is 7.35. The van der Waals surface area contributed by atoms with Gasteiger partial charge in [-0.25, -0.2) is 4.39 Å². The maximum atomic E-state index is 13.9. The average molecular weight is 341 g/mol. The second-order valence-corrected chi connectivity index (χ2v) is 7.61. The molecule has 0 bridgehead atoms. The van der Waals surface area contributed by atoms with Crippen molar-refractivity contribution in [1.82, 2.24) is 4.90 Å². The van der Waals surface area contributed by atoms with Crippen molar-refractivity contribution in [3.05, 3.63) is 59.9 Å². The normalized spacial score (nSPS) is 18.9. The fraction of sp³-hybridized carbons (Fsp3) is 0.455. The van der Waals surface area contributed by atoms with Crippen LogP contribution in [0.1, 0.15) is 38.7 Å². The number of nitrogens with zero attached hydrogens (tertiary/aromatic N) is 1. The van der Waals surface area contributed by atoms with Gasteiger partial charge in [0.25, 0.3) is 0 Å². The van der Waals surface area contributed by atoms with Crippen LogP contribution in [0.5, 0.6) is 0 Å². The third kappa shape index (κ3) is 4.47. The number of hydrogen-bond donors (Lipinski definition) is 1. The number of benzene rings is 2. The third-order valence-corrected chi connectivity index (χ3v) is 5.48. The van der Waals surface area contributed by atoms with E-state index in [-0.39, 0.29) is 5.82 Å². The topological polar surface area (TPSA) is 23.5 Å². The lowest BCUT2D eigenvalue weighted by molar-refractivity contribution is 0.0320. The number of hydrogen-bond acceptors (Lipinski definition) is 2. The predicted molar refractivity (Wildman–Crippen MR) is 101 cm³/mol. The van der Waals surface area contributed by atoms with E-state index in [0.29, 0.717) is 12.0 Å². The van der Waals surface area contributed by atoms with Gasteiger partial charge in [0, 0.05) is 12.1 Å². The van der Waals surface area contributed by atoms with E-state index in [9.17, 15) is 9.50 Å². The van der Waals surface area contributed by atoms with E-state index in [0.717, 1.165) is 36.7 Å². The van der Waals surface area contributed by atoms with E-state index in [1.165, 1.54) is 18.9 Å². The molecule has 0 saturated carbocycles. The van der Waals surface area contributed by atoms with Crippen LogP contribution in [-0.2, 0) is 5.60 Å². The first-order valence-corrected chi connectivity index (χ1v) is 9.26. The maximum absolute atomic E-state index is 13.9. The molecule has 1 N–H and O–H groups in total. The molecule has 3 heteroatoms. The lowest BCUT2D eigenvalue weighted by Crippen LogP contribution is -2.36. The zero-order chi connectivity index (χ0) is 17.9. The van der Waals surface area contributed by atoms with E-state index in [4.69, 9.17) is 0 Å². The third-order valence-electron chi connectivity index (χ3n) is 5.48. The van der Waals surface area contributed by atoms with Gasteiger partial charge in [-0.1, -0.05) is 49.4 Å². The standard InChI is InChI=1S/C22H28FNO/c1-17-11-14-24(15-12-17)16-13-22(2,25)19-9-7-18(8-10-19)20-5-3-4-6-21(20)23/h3-10,17,25H,11-16H2,1-2H3. The molecule has 3 rings (SSSR count). The maximum Gasteiger partial charge on any atom is 0.131 e. The van der Waals surface area contributed by atoms with E-state index in [1.807, 2.05) is 37.3 Å². The number of aliphatic hydroxyl groups is 1. The molecule has 0 radical (unpaired) electrons. The molecule has 1 atom stereocenters. The van der Waals surface area contributed by atoms with Gasteiger partial charge >= 0.3 is 0 Å². The van der Waals surface area contributed by atoms with Crippen molar-refractivity contribution in [3.8, 4) is 11.1 Å². The van der Waals surface area contributed by atoms with Crippen LogP contribution in [0, 0.1) is 11.7 Å². The highest BCUT2D eigenvalue weighted by Crippen LogP contribution is 2.29. The van der Waals surface area contributed by atoms with Crippen molar-refractivity contribution in [3.63, 3.8) is 0 Å². The largest absolute Gasteiger partial charge is 0.385 e. The molecule has 1 fully saturated rings. The first-order chi connectivity index (χ1) is 12.0. The van der Waals surface area contributed by atoms with Gasteiger partial charge in [-0.3, -0.25) is 0 Å². The minimum Gasteiger partial charge on any atom is -0.385 e. The summed E-state index contributed by atoms with van der Waals surface area (Å²) in [6, 6.07) is 14.4. The van der Waals surface area contributed by atoms with E-state index in [2.05, 4.69) is 11.8 Å². The summed E-state index contributed by atoms with van der Waals surface area (Å²) in [6.07, 6.45) is 3.21. The van der Waals surface area contributed by atoms with Crippen LogP contribution in [0.3, 0.4) is 0 Å². The van der Waals surface area contributed by atoms with Crippen LogP contribution in [0.2, 0.25) is 0 Å². The molecular weight excluding hydrogens is 313 g/mol. The Kier molecular flexibility index (Phi) is 5.55. The molecule has 25 heavy (non-hydrogen) atoms. The Bertz CT molecular complexity index is 687. The van der Waals surface area contributed by atoms with Gasteiger partial charge in [0.2, 0.25) is 0 Å². The zero-order valence-electron chi connectivity index (χ0n) is 15.2. The number of rotatable bonds is 5. The van der Waals surface area contributed by atoms with Gasteiger partial charge in [0.1, 0.15) is 5.82 Å². The SMILES string of the molecule is CC1CCN(CCC(C)(O)c2ccc(-c3ccccc3F)cc2)CC1. The van der Waals surface area contributed by atoms with Gasteiger partial charge in [-0.15, -0.1) is 0 Å². The summed E-state index contributed by atoms with van der Waals surface area (Å²) in [5.41, 5.74) is 1.45. The average Bonchev–Trinajstić information content (AvgIpc) is 2.62. The van der Waals surface area contributed by atoms with E-state index in [1.54, 1.807) is 12.1 Å². The number of likely N-dealkylation sites (tertiary alicyclic amines) is 1. The van der Waals surface area contributed by atoms with Crippen molar-refractivity contribution in [2.75, 3.05) is 19.6 Å². The Labute approximate surface area is 150 Å². The van der Waals surface area contributed by atoms with Gasteiger partial charge < -0.3 is 10.0 Å². The first-order valence-electron chi connectivity index (χ1n) is 9.26. The molecule has 134 valence electrons. The second-order valence-electron chi connectivity index (χ2n) is 7.61. The fourth-order valence-electron chi connectivity index (χ4n) is 3.51. The quantitative estimate of drug-likeness (QED) is 0.842. The van der Waals surface area contributed by atoms with Crippen LogP contribution in [-0.4, -0.2) is 29.6 Å². The highest BCUT2D eigenvalue weighted by molar-refractivity contribution is 5.64. The molecule has 0 spiro atoms. The van der Waals surface area contributed by atoms with Crippen LogP contribution in [0.25, 0.3) is 11.1 Å².